The Balaban J connectivity index is 1.59. The van der Waals surface area contributed by atoms with Crippen molar-refractivity contribution in [3.8, 4) is 0 Å². The number of nitrogens with zero attached hydrogens (tertiary/aromatic N) is 1. The van der Waals surface area contributed by atoms with Crippen LogP contribution in [0.4, 0.5) is 14.5 Å². The Bertz CT molecular complexity index is 527. The van der Waals surface area contributed by atoms with Crippen LogP contribution in [0.5, 0.6) is 0 Å². The van der Waals surface area contributed by atoms with Gasteiger partial charge in [-0.2, -0.15) is 0 Å². The fraction of sp³-hybridized carbons (Fsp3) is 0.562. The predicted octanol–water partition coefficient (Wildman–Crippen LogP) is 2.09. The second-order valence-electron chi connectivity index (χ2n) is 5.90. The second kappa shape index (κ2) is 6.60. The molecule has 0 aliphatic carbocycles. The molecule has 1 atom stereocenters. The average molecular weight is 310 g/mol. The number of ether oxygens (including phenoxy) is 1. The number of rotatable bonds is 3. The maximum absolute atomic E-state index is 13.8. The Hall–Kier alpha value is -1.69. The highest BCUT2D eigenvalue weighted by Gasteiger charge is 2.30. The van der Waals surface area contributed by atoms with Gasteiger partial charge in [0.05, 0.1) is 0 Å². The van der Waals surface area contributed by atoms with Gasteiger partial charge in [-0.25, -0.2) is 8.78 Å². The van der Waals surface area contributed by atoms with E-state index in [4.69, 9.17) is 4.74 Å². The van der Waals surface area contributed by atoms with Gasteiger partial charge in [-0.1, -0.05) is 6.07 Å². The minimum atomic E-state index is -0.559. The maximum atomic E-state index is 13.8. The van der Waals surface area contributed by atoms with Gasteiger partial charge in [0.2, 0.25) is 5.91 Å². The van der Waals surface area contributed by atoms with Crippen LogP contribution in [-0.2, 0) is 9.53 Å². The Kier molecular flexibility index (Phi) is 4.57. The third kappa shape index (κ3) is 3.21. The summed E-state index contributed by atoms with van der Waals surface area (Å²) in [7, 11) is 0. The number of halogens is 2. The first-order valence-electron chi connectivity index (χ1n) is 7.72. The largest absolute Gasteiger partial charge is 0.381 e. The molecule has 1 amide bonds. The Morgan fingerprint density at radius 2 is 1.86 bits per heavy atom. The van der Waals surface area contributed by atoms with Crippen LogP contribution in [0.25, 0.3) is 0 Å². The SMILES string of the molecule is O=C(NC1CCN(c2c(F)cccc2F)C1)C1CCOCC1. The standard InChI is InChI=1S/C16H20F2N2O2/c17-13-2-1-3-14(18)15(13)20-7-4-12(10-20)19-16(21)11-5-8-22-9-6-11/h1-3,11-12H,4-10H2,(H,19,21). The number of carbonyl (C=O) groups is 1. The molecule has 2 heterocycles. The highest BCUT2D eigenvalue weighted by atomic mass is 19.1. The van der Waals surface area contributed by atoms with Crippen LogP contribution in [0.1, 0.15) is 19.3 Å². The van der Waals surface area contributed by atoms with Gasteiger partial charge in [0, 0.05) is 38.3 Å². The van der Waals surface area contributed by atoms with E-state index in [9.17, 15) is 13.6 Å². The first-order valence-corrected chi connectivity index (χ1v) is 7.72. The van der Waals surface area contributed by atoms with Crippen molar-refractivity contribution in [3.05, 3.63) is 29.8 Å². The Morgan fingerprint density at radius 1 is 1.18 bits per heavy atom. The lowest BCUT2D eigenvalue weighted by Crippen LogP contribution is -2.42. The van der Waals surface area contributed by atoms with E-state index in [-0.39, 0.29) is 23.6 Å². The molecule has 2 saturated heterocycles. The Labute approximate surface area is 128 Å². The van der Waals surface area contributed by atoms with Crippen molar-refractivity contribution in [2.75, 3.05) is 31.2 Å². The number of nitrogens with one attached hydrogen (secondary N) is 1. The minimum absolute atomic E-state index is 0.00492. The second-order valence-corrected chi connectivity index (χ2v) is 5.90. The zero-order chi connectivity index (χ0) is 15.5. The molecule has 1 unspecified atom stereocenters. The fourth-order valence-electron chi connectivity index (χ4n) is 3.15. The van der Waals surface area contributed by atoms with Crippen LogP contribution >= 0.6 is 0 Å². The van der Waals surface area contributed by atoms with Crippen molar-refractivity contribution in [2.45, 2.75) is 25.3 Å². The summed E-state index contributed by atoms with van der Waals surface area (Å²) in [6, 6.07) is 3.81. The highest BCUT2D eigenvalue weighted by Crippen LogP contribution is 2.27. The fourth-order valence-corrected chi connectivity index (χ4v) is 3.15. The van der Waals surface area contributed by atoms with Crippen LogP contribution in [0.2, 0.25) is 0 Å². The quantitative estimate of drug-likeness (QED) is 0.929. The normalized spacial score (nSPS) is 22.8. The van der Waals surface area contributed by atoms with Crippen molar-refractivity contribution >= 4 is 11.6 Å². The summed E-state index contributed by atoms with van der Waals surface area (Å²) in [5, 5.41) is 3.01. The van der Waals surface area contributed by atoms with Gasteiger partial charge in [-0.3, -0.25) is 4.79 Å². The minimum Gasteiger partial charge on any atom is -0.381 e. The molecule has 6 heteroatoms. The molecule has 0 radical (unpaired) electrons. The van der Waals surface area contributed by atoms with Gasteiger partial charge in [0.25, 0.3) is 0 Å². The number of amides is 1. The molecule has 2 aliphatic heterocycles. The van der Waals surface area contributed by atoms with Gasteiger partial charge < -0.3 is 15.0 Å². The topological polar surface area (TPSA) is 41.6 Å². The Morgan fingerprint density at radius 3 is 2.55 bits per heavy atom. The molecule has 1 N–H and O–H groups in total. The maximum Gasteiger partial charge on any atom is 0.223 e. The first kappa shape index (κ1) is 15.2. The van der Waals surface area contributed by atoms with E-state index in [1.807, 2.05) is 0 Å². The lowest BCUT2D eigenvalue weighted by Gasteiger charge is -2.24. The van der Waals surface area contributed by atoms with E-state index in [0.29, 0.717) is 32.7 Å². The summed E-state index contributed by atoms with van der Waals surface area (Å²) in [6.45, 7) is 2.22. The van der Waals surface area contributed by atoms with Crippen molar-refractivity contribution in [1.82, 2.24) is 5.32 Å². The van der Waals surface area contributed by atoms with Gasteiger partial charge in [0.15, 0.2) is 0 Å². The molecule has 3 rings (SSSR count). The van der Waals surface area contributed by atoms with Gasteiger partial charge >= 0.3 is 0 Å². The molecule has 0 aromatic heterocycles. The molecule has 0 spiro atoms. The van der Waals surface area contributed by atoms with Crippen molar-refractivity contribution in [1.29, 1.82) is 0 Å². The summed E-state index contributed by atoms with van der Waals surface area (Å²) in [4.78, 5) is 13.9. The van der Waals surface area contributed by atoms with Gasteiger partial charge in [-0.15, -0.1) is 0 Å². The molecule has 2 fully saturated rings. The number of benzene rings is 1. The molecule has 1 aromatic carbocycles. The van der Waals surface area contributed by atoms with Gasteiger partial charge in [-0.05, 0) is 31.4 Å². The third-order valence-electron chi connectivity index (χ3n) is 4.38. The average Bonchev–Trinajstić information content (AvgIpc) is 2.96. The van der Waals surface area contributed by atoms with E-state index in [2.05, 4.69) is 5.32 Å². The first-order chi connectivity index (χ1) is 10.6. The number of para-hydroxylation sites is 1. The number of hydrogen-bond donors (Lipinski definition) is 1. The number of anilines is 1. The van der Waals surface area contributed by atoms with Crippen molar-refractivity contribution < 1.29 is 18.3 Å². The van der Waals surface area contributed by atoms with Crippen molar-refractivity contribution in [3.63, 3.8) is 0 Å². The van der Waals surface area contributed by atoms with Crippen LogP contribution in [-0.4, -0.2) is 38.3 Å². The van der Waals surface area contributed by atoms with Gasteiger partial charge in [0.1, 0.15) is 17.3 Å². The monoisotopic (exact) mass is 310 g/mol. The molecule has 4 nitrogen and oxygen atoms in total. The lowest BCUT2D eigenvalue weighted by molar-refractivity contribution is -0.128. The molecule has 1 aromatic rings. The molecule has 120 valence electrons. The number of hydrogen-bond acceptors (Lipinski definition) is 3. The van der Waals surface area contributed by atoms with Crippen LogP contribution in [0, 0.1) is 17.6 Å². The summed E-state index contributed by atoms with van der Waals surface area (Å²) >= 11 is 0. The van der Waals surface area contributed by atoms with E-state index >= 15 is 0 Å². The predicted molar refractivity (Wildman–Crippen MR) is 78.7 cm³/mol. The van der Waals surface area contributed by atoms with Crippen LogP contribution in [0.3, 0.4) is 0 Å². The smallest absolute Gasteiger partial charge is 0.223 e. The highest BCUT2D eigenvalue weighted by molar-refractivity contribution is 5.79. The summed E-state index contributed by atoms with van der Waals surface area (Å²) in [5.41, 5.74) is 0.00492. The summed E-state index contributed by atoms with van der Waals surface area (Å²) in [5.74, 6) is -1.09. The van der Waals surface area contributed by atoms with E-state index < -0.39 is 11.6 Å². The van der Waals surface area contributed by atoms with Crippen LogP contribution in [0.15, 0.2) is 18.2 Å². The van der Waals surface area contributed by atoms with E-state index in [1.165, 1.54) is 18.2 Å². The molecule has 0 bridgehead atoms. The molecular formula is C16H20F2N2O2. The molecule has 2 aliphatic rings. The molecule has 22 heavy (non-hydrogen) atoms. The molecular weight excluding hydrogens is 290 g/mol. The third-order valence-corrected chi connectivity index (χ3v) is 4.38. The summed E-state index contributed by atoms with van der Waals surface area (Å²) in [6.07, 6.45) is 2.18. The number of carbonyl (C=O) groups excluding carboxylic acids is 1. The summed E-state index contributed by atoms with van der Waals surface area (Å²) < 4.78 is 32.8. The zero-order valence-corrected chi connectivity index (χ0v) is 12.4. The van der Waals surface area contributed by atoms with E-state index in [0.717, 1.165) is 12.8 Å². The molecule has 0 saturated carbocycles. The van der Waals surface area contributed by atoms with Crippen LogP contribution < -0.4 is 10.2 Å². The van der Waals surface area contributed by atoms with E-state index in [1.54, 1.807) is 4.90 Å². The lowest BCUT2D eigenvalue weighted by atomic mass is 9.99. The van der Waals surface area contributed by atoms with Crippen molar-refractivity contribution in [2.24, 2.45) is 5.92 Å². The zero-order valence-electron chi connectivity index (χ0n) is 12.4.